The van der Waals surface area contributed by atoms with Gasteiger partial charge in [-0.05, 0) is 71.9 Å². The SMILES string of the molecule is C=N/C(NC1(C)CC1)=C(\C)C(C(=O)NC(C)c1ccc(OC)c(F)c1)=C(C)C. The maximum absolute atomic E-state index is 14.0. The van der Waals surface area contributed by atoms with E-state index in [-0.39, 0.29) is 23.2 Å². The smallest absolute Gasteiger partial charge is 0.252 e. The van der Waals surface area contributed by atoms with Crippen LogP contribution in [0.3, 0.4) is 0 Å². The summed E-state index contributed by atoms with van der Waals surface area (Å²) < 4.78 is 18.9. The van der Waals surface area contributed by atoms with Gasteiger partial charge in [-0.15, -0.1) is 0 Å². The molecule has 152 valence electrons. The maximum atomic E-state index is 14.0. The highest BCUT2D eigenvalue weighted by atomic mass is 19.1. The first-order valence-electron chi connectivity index (χ1n) is 9.40. The molecule has 0 aliphatic heterocycles. The molecule has 2 N–H and O–H groups in total. The lowest BCUT2D eigenvalue weighted by atomic mass is 10.00. The number of benzene rings is 1. The molecule has 6 heteroatoms. The number of halogens is 1. The standard InChI is InChI=1S/C22H30FN3O2/c1-13(2)19(14(3)20(24-6)26-22(5)10-11-22)21(27)25-15(4)16-8-9-18(28-7)17(23)12-16/h8-9,12,15,26H,6,10-11H2,1-5,7H3,(H,25,27)/b20-14-. The summed E-state index contributed by atoms with van der Waals surface area (Å²) in [5.74, 6) is 0.103. The van der Waals surface area contributed by atoms with Crippen LogP contribution >= 0.6 is 0 Å². The van der Waals surface area contributed by atoms with Gasteiger partial charge < -0.3 is 15.4 Å². The fourth-order valence-electron chi connectivity index (χ4n) is 3.05. The van der Waals surface area contributed by atoms with E-state index in [1.807, 2.05) is 27.7 Å². The van der Waals surface area contributed by atoms with E-state index in [1.165, 1.54) is 13.2 Å². The van der Waals surface area contributed by atoms with E-state index in [0.717, 1.165) is 24.0 Å². The Morgan fingerprint density at radius 2 is 1.96 bits per heavy atom. The molecule has 5 nitrogen and oxygen atoms in total. The highest BCUT2D eigenvalue weighted by molar-refractivity contribution is 5.98. The Morgan fingerprint density at radius 3 is 2.43 bits per heavy atom. The van der Waals surface area contributed by atoms with E-state index >= 15 is 0 Å². The molecule has 28 heavy (non-hydrogen) atoms. The Labute approximate surface area is 166 Å². The molecule has 1 amide bonds. The number of nitrogens with one attached hydrogen (secondary N) is 2. The minimum absolute atomic E-state index is 0.0227. The number of hydrogen-bond acceptors (Lipinski definition) is 4. The quantitative estimate of drug-likeness (QED) is 0.394. The van der Waals surface area contributed by atoms with E-state index in [1.54, 1.807) is 12.1 Å². The Bertz CT molecular complexity index is 834. The van der Waals surface area contributed by atoms with Crippen molar-refractivity contribution in [1.29, 1.82) is 0 Å². The number of aliphatic imine (C=N–C) groups is 1. The van der Waals surface area contributed by atoms with Crippen molar-refractivity contribution >= 4 is 12.6 Å². The summed E-state index contributed by atoms with van der Waals surface area (Å²) in [7, 11) is 1.42. The molecule has 0 aromatic heterocycles. The third-order valence-corrected chi connectivity index (χ3v) is 5.06. The zero-order valence-corrected chi connectivity index (χ0v) is 17.6. The van der Waals surface area contributed by atoms with Crippen molar-refractivity contribution in [3.63, 3.8) is 0 Å². The third-order valence-electron chi connectivity index (χ3n) is 5.06. The molecule has 1 aliphatic carbocycles. The van der Waals surface area contributed by atoms with Crippen molar-refractivity contribution in [2.24, 2.45) is 4.99 Å². The fraction of sp³-hybridized carbons (Fsp3) is 0.455. The van der Waals surface area contributed by atoms with E-state index in [4.69, 9.17) is 4.74 Å². The molecule has 0 saturated heterocycles. The molecule has 1 fully saturated rings. The number of amides is 1. The van der Waals surface area contributed by atoms with Crippen LogP contribution in [0.4, 0.5) is 4.39 Å². The molecular weight excluding hydrogens is 357 g/mol. The second kappa shape index (κ2) is 8.59. The average Bonchev–Trinajstić information content (AvgIpc) is 3.36. The van der Waals surface area contributed by atoms with Crippen molar-refractivity contribution in [2.45, 2.75) is 59.0 Å². The lowest BCUT2D eigenvalue weighted by Crippen LogP contribution is -2.31. The maximum Gasteiger partial charge on any atom is 0.252 e. The van der Waals surface area contributed by atoms with E-state index in [2.05, 4.69) is 29.3 Å². The lowest BCUT2D eigenvalue weighted by molar-refractivity contribution is -0.117. The highest BCUT2D eigenvalue weighted by Gasteiger charge is 2.38. The van der Waals surface area contributed by atoms with Crippen molar-refractivity contribution in [2.75, 3.05) is 7.11 Å². The summed E-state index contributed by atoms with van der Waals surface area (Å²) in [6, 6.07) is 4.30. The van der Waals surface area contributed by atoms with Crippen molar-refractivity contribution in [3.8, 4) is 5.75 Å². The largest absolute Gasteiger partial charge is 0.494 e. The summed E-state index contributed by atoms with van der Waals surface area (Å²) in [4.78, 5) is 17.1. The molecular formula is C22H30FN3O2. The summed E-state index contributed by atoms with van der Waals surface area (Å²) in [5.41, 5.74) is 2.85. The number of allylic oxidation sites excluding steroid dienone is 1. The normalized spacial score (nSPS) is 16.4. The Kier molecular flexibility index (Phi) is 6.65. The first-order valence-corrected chi connectivity index (χ1v) is 9.40. The third kappa shape index (κ3) is 5.00. The molecule has 0 radical (unpaired) electrons. The second-order valence-corrected chi connectivity index (χ2v) is 7.78. The number of carbonyl (C=O) groups is 1. The predicted octanol–water partition coefficient (Wildman–Crippen LogP) is 4.42. The Hall–Kier alpha value is -2.63. The van der Waals surface area contributed by atoms with Crippen LogP contribution in [0.1, 0.15) is 59.1 Å². The minimum atomic E-state index is -0.459. The first-order chi connectivity index (χ1) is 13.1. The zero-order chi connectivity index (χ0) is 21.1. The number of nitrogens with zero attached hydrogens (tertiary/aromatic N) is 1. The average molecular weight is 387 g/mol. The van der Waals surface area contributed by atoms with Gasteiger partial charge in [0.1, 0.15) is 5.82 Å². The summed E-state index contributed by atoms with van der Waals surface area (Å²) in [6.45, 7) is 13.2. The Morgan fingerprint density at radius 1 is 1.32 bits per heavy atom. The molecule has 1 unspecified atom stereocenters. The van der Waals surface area contributed by atoms with Crippen LogP contribution in [0, 0.1) is 5.82 Å². The number of methoxy groups -OCH3 is 1. The minimum Gasteiger partial charge on any atom is -0.494 e. The van der Waals surface area contributed by atoms with Gasteiger partial charge in [0.2, 0.25) is 0 Å². The fourth-order valence-corrected chi connectivity index (χ4v) is 3.05. The van der Waals surface area contributed by atoms with Gasteiger partial charge in [0.25, 0.3) is 5.91 Å². The second-order valence-electron chi connectivity index (χ2n) is 7.78. The molecule has 0 heterocycles. The molecule has 1 aromatic carbocycles. The van der Waals surface area contributed by atoms with Gasteiger partial charge >= 0.3 is 0 Å². The summed E-state index contributed by atoms with van der Waals surface area (Å²) in [5, 5.41) is 6.34. The number of rotatable bonds is 8. The van der Waals surface area contributed by atoms with E-state index in [0.29, 0.717) is 17.0 Å². The molecule has 1 atom stereocenters. The van der Waals surface area contributed by atoms with Gasteiger partial charge in [-0.1, -0.05) is 11.6 Å². The van der Waals surface area contributed by atoms with Gasteiger partial charge in [0.05, 0.1) is 13.2 Å². The molecule has 2 rings (SSSR count). The number of ether oxygens (including phenoxy) is 1. The van der Waals surface area contributed by atoms with Crippen LogP contribution in [0.25, 0.3) is 0 Å². The lowest BCUT2D eigenvalue weighted by Gasteiger charge is -2.21. The van der Waals surface area contributed by atoms with Crippen molar-refractivity contribution < 1.29 is 13.9 Å². The molecule has 0 bridgehead atoms. The predicted molar refractivity (Wildman–Crippen MR) is 111 cm³/mol. The van der Waals surface area contributed by atoms with Crippen LogP contribution in [0.5, 0.6) is 5.75 Å². The van der Waals surface area contributed by atoms with Gasteiger partial charge in [0.15, 0.2) is 11.6 Å². The molecule has 0 spiro atoms. The van der Waals surface area contributed by atoms with Crippen LogP contribution in [0.15, 0.2) is 45.7 Å². The first kappa shape index (κ1) is 21.7. The number of carbonyl (C=O) groups excluding carboxylic acids is 1. The van der Waals surface area contributed by atoms with Gasteiger partial charge in [-0.3, -0.25) is 4.79 Å². The molecule has 1 saturated carbocycles. The zero-order valence-electron chi connectivity index (χ0n) is 17.6. The highest BCUT2D eigenvalue weighted by Crippen LogP contribution is 2.36. The van der Waals surface area contributed by atoms with Crippen molar-refractivity contribution in [1.82, 2.24) is 10.6 Å². The van der Waals surface area contributed by atoms with Crippen LogP contribution in [-0.2, 0) is 4.79 Å². The number of hydrogen-bond donors (Lipinski definition) is 2. The monoisotopic (exact) mass is 387 g/mol. The summed E-state index contributed by atoms with van der Waals surface area (Å²) >= 11 is 0. The van der Waals surface area contributed by atoms with Gasteiger partial charge in [0, 0.05) is 16.7 Å². The van der Waals surface area contributed by atoms with E-state index in [9.17, 15) is 9.18 Å². The van der Waals surface area contributed by atoms with Crippen LogP contribution < -0.4 is 15.4 Å². The van der Waals surface area contributed by atoms with Gasteiger partial charge in [-0.2, -0.15) is 0 Å². The molecule has 1 aromatic rings. The van der Waals surface area contributed by atoms with E-state index < -0.39 is 5.82 Å². The summed E-state index contributed by atoms with van der Waals surface area (Å²) in [6.07, 6.45) is 2.13. The topological polar surface area (TPSA) is 62.7 Å². The molecule has 1 aliphatic rings. The van der Waals surface area contributed by atoms with Crippen LogP contribution in [0.2, 0.25) is 0 Å². The Balaban J connectivity index is 2.24. The van der Waals surface area contributed by atoms with Crippen molar-refractivity contribution in [3.05, 3.63) is 52.1 Å². The van der Waals surface area contributed by atoms with Gasteiger partial charge in [-0.25, -0.2) is 9.38 Å². The van der Waals surface area contributed by atoms with Crippen LogP contribution in [-0.4, -0.2) is 25.3 Å².